The van der Waals surface area contributed by atoms with Crippen LogP contribution < -0.4 is 23.6 Å². The van der Waals surface area contributed by atoms with Crippen LogP contribution in [-0.4, -0.2) is 25.8 Å². The number of benzene rings is 2. The van der Waals surface area contributed by atoms with Crippen molar-refractivity contribution >= 4 is 20.9 Å². The van der Waals surface area contributed by atoms with Crippen LogP contribution >= 0.6 is 0 Å². The summed E-state index contributed by atoms with van der Waals surface area (Å²) in [6, 6.07) is 7.68. The topological polar surface area (TPSA) is 66.4 Å². The molecule has 0 aliphatic heterocycles. The van der Waals surface area contributed by atoms with Crippen molar-refractivity contribution in [3.05, 3.63) is 36.4 Å². The molecule has 0 saturated carbocycles. The molecule has 0 aromatic heterocycles. The van der Waals surface area contributed by atoms with Gasteiger partial charge in [0.05, 0.1) is 4.90 Å². The van der Waals surface area contributed by atoms with E-state index in [1.54, 1.807) is 0 Å². The summed E-state index contributed by atoms with van der Waals surface area (Å²) < 4.78 is 73.3. The first kappa shape index (κ1) is 17.8. The molecule has 0 heterocycles. The van der Waals surface area contributed by atoms with Crippen LogP contribution in [0.2, 0.25) is 0 Å². The molecule has 0 saturated heterocycles. The zero-order chi connectivity index (χ0) is 15.0. The minimum Gasteiger partial charge on any atom is -0.744 e. The molecular formula is C12H8F3LiO4S. The van der Waals surface area contributed by atoms with Crippen molar-refractivity contribution in [2.75, 3.05) is 6.61 Å². The normalized spacial score (nSPS) is 12.0. The van der Waals surface area contributed by atoms with Crippen LogP contribution in [0.5, 0.6) is 5.75 Å². The van der Waals surface area contributed by atoms with Gasteiger partial charge in [0.2, 0.25) is 0 Å². The van der Waals surface area contributed by atoms with Gasteiger partial charge in [0.25, 0.3) is 0 Å². The van der Waals surface area contributed by atoms with Gasteiger partial charge >= 0.3 is 25.0 Å². The zero-order valence-corrected chi connectivity index (χ0v) is 11.7. The van der Waals surface area contributed by atoms with Crippen LogP contribution in [0.4, 0.5) is 13.2 Å². The molecule has 2 aromatic rings. The summed E-state index contributed by atoms with van der Waals surface area (Å²) in [7, 11) is -4.61. The van der Waals surface area contributed by atoms with Crippen molar-refractivity contribution in [3.63, 3.8) is 0 Å². The van der Waals surface area contributed by atoms with Crippen molar-refractivity contribution in [2.24, 2.45) is 0 Å². The van der Waals surface area contributed by atoms with E-state index in [0.717, 1.165) is 12.1 Å². The Morgan fingerprint density at radius 2 is 1.67 bits per heavy atom. The number of fused-ring (bicyclic) bond motifs is 1. The average Bonchev–Trinajstić information content (AvgIpc) is 2.33. The number of halogens is 3. The van der Waals surface area contributed by atoms with Gasteiger partial charge in [0.15, 0.2) is 6.61 Å². The Morgan fingerprint density at radius 1 is 1.05 bits per heavy atom. The fourth-order valence-corrected chi connectivity index (χ4v) is 2.12. The van der Waals surface area contributed by atoms with Gasteiger partial charge in [0.1, 0.15) is 15.9 Å². The SMILES string of the molecule is O=S(=O)([O-])c1ccc2ccc(OCC(F)(F)F)cc2c1.[Li+]. The van der Waals surface area contributed by atoms with Gasteiger partial charge in [-0.3, -0.25) is 0 Å². The first-order valence-electron chi connectivity index (χ1n) is 5.34. The summed E-state index contributed by atoms with van der Waals surface area (Å²) in [6.45, 7) is -1.45. The van der Waals surface area contributed by atoms with E-state index >= 15 is 0 Å². The minimum atomic E-state index is -4.61. The second kappa shape index (κ2) is 6.28. The van der Waals surface area contributed by atoms with Gasteiger partial charge in [-0.1, -0.05) is 12.1 Å². The maximum atomic E-state index is 12.0. The number of ether oxygens (including phenoxy) is 1. The van der Waals surface area contributed by atoms with Gasteiger partial charge in [-0.05, 0) is 35.0 Å². The van der Waals surface area contributed by atoms with Crippen molar-refractivity contribution < 1.29 is 49.7 Å². The van der Waals surface area contributed by atoms with E-state index in [2.05, 4.69) is 4.74 Å². The van der Waals surface area contributed by atoms with Crippen LogP contribution in [0.1, 0.15) is 0 Å². The third kappa shape index (κ3) is 4.93. The van der Waals surface area contributed by atoms with E-state index in [0.29, 0.717) is 10.8 Å². The number of rotatable bonds is 3. The molecule has 0 radical (unpaired) electrons. The van der Waals surface area contributed by atoms with Gasteiger partial charge in [-0.15, -0.1) is 0 Å². The molecule has 0 unspecified atom stereocenters. The second-order valence-electron chi connectivity index (χ2n) is 4.03. The van der Waals surface area contributed by atoms with Crippen LogP contribution in [0.3, 0.4) is 0 Å². The zero-order valence-electron chi connectivity index (χ0n) is 10.8. The molecule has 0 atom stereocenters. The molecule has 2 aromatic carbocycles. The van der Waals surface area contributed by atoms with E-state index < -0.39 is 27.8 Å². The van der Waals surface area contributed by atoms with Crippen LogP contribution in [0.25, 0.3) is 10.8 Å². The van der Waals surface area contributed by atoms with Crippen molar-refractivity contribution in [1.29, 1.82) is 0 Å². The largest absolute Gasteiger partial charge is 1.00 e. The van der Waals surface area contributed by atoms with E-state index in [1.807, 2.05) is 0 Å². The second-order valence-corrected chi connectivity index (χ2v) is 5.41. The Bertz CT molecular complexity index is 744. The monoisotopic (exact) mass is 312 g/mol. The molecular weight excluding hydrogens is 304 g/mol. The van der Waals surface area contributed by atoms with Gasteiger partial charge in [-0.25, -0.2) is 8.42 Å². The fourth-order valence-electron chi connectivity index (χ4n) is 1.61. The van der Waals surface area contributed by atoms with E-state index in [-0.39, 0.29) is 24.6 Å². The standard InChI is InChI=1S/C12H9F3O4S.Li/c13-12(14,15)7-19-10-3-1-8-2-4-11(20(16,17)18)6-9(8)5-10;/h1-6H,7H2,(H,16,17,18);/q;+1/p-1. The van der Waals surface area contributed by atoms with Crippen LogP contribution in [0, 0.1) is 0 Å². The number of alkyl halides is 3. The fraction of sp³-hybridized carbons (Fsp3) is 0.167. The van der Waals surface area contributed by atoms with Crippen LogP contribution in [-0.2, 0) is 10.1 Å². The molecule has 0 fully saturated rings. The summed E-state index contributed by atoms with van der Waals surface area (Å²) in [6.07, 6.45) is -4.46. The van der Waals surface area contributed by atoms with Gasteiger partial charge < -0.3 is 9.29 Å². The molecule has 4 nitrogen and oxygen atoms in total. The molecule has 0 spiro atoms. The summed E-state index contributed by atoms with van der Waals surface area (Å²) in [5.41, 5.74) is 0. The Hall–Kier alpha value is -1.20. The summed E-state index contributed by atoms with van der Waals surface area (Å²) in [5.74, 6) is -0.0599. The van der Waals surface area contributed by atoms with Crippen molar-refractivity contribution in [3.8, 4) is 5.75 Å². The Morgan fingerprint density at radius 3 is 2.24 bits per heavy atom. The smallest absolute Gasteiger partial charge is 0.744 e. The van der Waals surface area contributed by atoms with E-state index in [9.17, 15) is 26.1 Å². The predicted molar refractivity (Wildman–Crippen MR) is 63.5 cm³/mol. The first-order chi connectivity index (χ1) is 9.15. The Balaban J connectivity index is 0.00000220. The quantitative estimate of drug-likeness (QED) is 0.576. The molecule has 0 aliphatic rings. The number of hydrogen-bond acceptors (Lipinski definition) is 4. The third-order valence-electron chi connectivity index (χ3n) is 2.47. The minimum absolute atomic E-state index is 0. The molecule has 0 amide bonds. The Kier molecular flexibility index (Phi) is 5.34. The maximum Gasteiger partial charge on any atom is 1.00 e. The predicted octanol–water partition coefficient (Wildman–Crippen LogP) is -0.311. The molecule has 2 rings (SSSR count). The maximum absolute atomic E-state index is 12.0. The molecule has 0 aliphatic carbocycles. The van der Waals surface area contributed by atoms with Gasteiger partial charge in [-0.2, -0.15) is 13.2 Å². The molecule has 0 N–H and O–H groups in total. The van der Waals surface area contributed by atoms with E-state index in [4.69, 9.17) is 0 Å². The molecule has 9 heteroatoms. The molecule has 21 heavy (non-hydrogen) atoms. The van der Waals surface area contributed by atoms with Crippen molar-refractivity contribution in [2.45, 2.75) is 11.1 Å². The van der Waals surface area contributed by atoms with E-state index in [1.165, 1.54) is 24.3 Å². The Labute approximate surface area is 130 Å². The van der Waals surface area contributed by atoms with Crippen LogP contribution in [0.15, 0.2) is 41.3 Å². The molecule has 0 bridgehead atoms. The number of hydrogen-bond donors (Lipinski definition) is 0. The summed E-state index contributed by atoms with van der Waals surface area (Å²) in [5, 5.41) is 0.887. The van der Waals surface area contributed by atoms with Crippen molar-refractivity contribution in [1.82, 2.24) is 0 Å². The summed E-state index contributed by atoms with van der Waals surface area (Å²) >= 11 is 0. The third-order valence-corrected chi connectivity index (χ3v) is 3.31. The average molecular weight is 312 g/mol. The molecule has 108 valence electrons. The van der Waals surface area contributed by atoms with Gasteiger partial charge in [0, 0.05) is 0 Å². The first-order valence-corrected chi connectivity index (χ1v) is 6.75. The summed E-state index contributed by atoms with van der Waals surface area (Å²) in [4.78, 5) is -0.446.